The first-order chi connectivity index (χ1) is 8.97. The van der Waals surface area contributed by atoms with Gasteiger partial charge in [0, 0.05) is 23.9 Å². The predicted molar refractivity (Wildman–Crippen MR) is 83.8 cm³/mol. The predicted octanol–water partition coefficient (Wildman–Crippen LogP) is 2.68. The highest BCUT2D eigenvalue weighted by molar-refractivity contribution is 7.09. The summed E-state index contributed by atoms with van der Waals surface area (Å²) in [6.45, 7) is 14.4. The van der Waals surface area contributed by atoms with Gasteiger partial charge in [0.2, 0.25) is 0 Å². The van der Waals surface area contributed by atoms with Crippen LogP contribution >= 0.6 is 11.3 Å². The first kappa shape index (κ1) is 15.7. The highest BCUT2D eigenvalue weighted by Crippen LogP contribution is 2.25. The number of hydrogen-bond donors (Lipinski definition) is 2. The Labute approximate surface area is 120 Å². The van der Waals surface area contributed by atoms with Gasteiger partial charge in [0.15, 0.2) is 5.96 Å². The Balaban J connectivity index is 2.66. The number of aromatic nitrogens is 1. The van der Waals surface area contributed by atoms with Crippen LogP contribution in [-0.2, 0) is 12.0 Å². The van der Waals surface area contributed by atoms with E-state index < -0.39 is 0 Å². The molecule has 0 atom stereocenters. The van der Waals surface area contributed by atoms with Crippen LogP contribution in [-0.4, -0.2) is 24.0 Å². The van der Waals surface area contributed by atoms with Gasteiger partial charge in [-0.25, -0.2) is 9.98 Å². The quantitative estimate of drug-likeness (QED) is 0.495. The molecule has 4 nitrogen and oxygen atoms in total. The third kappa shape index (κ3) is 5.42. The minimum Gasteiger partial charge on any atom is -0.357 e. The van der Waals surface area contributed by atoms with E-state index in [0.717, 1.165) is 23.2 Å². The number of hydrogen-bond acceptors (Lipinski definition) is 3. The summed E-state index contributed by atoms with van der Waals surface area (Å²) in [5, 5.41) is 9.60. The molecule has 5 heteroatoms. The van der Waals surface area contributed by atoms with Crippen LogP contribution in [0.25, 0.3) is 0 Å². The monoisotopic (exact) mass is 280 g/mol. The molecule has 0 aliphatic heterocycles. The zero-order valence-electron chi connectivity index (χ0n) is 12.3. The molecule has 1 aromatic heterocycles. The van der Waals surface area contributed by atoms with E-state index in [-0.39, 0.29) is 5.41 Å². The topological polar surface area (TPSA) is 49.3 Å². The molecule has 19 heavy (non-hydrogen) atoms. The second-order valence-corrected chi connectivity index (χ2v) is 6.12. The highest BCUT2D eigenvalue weighted by atomic mass is 32.1. The summed E-state index contributed by atoms with van der Waals surface area (Å²) in [6.07, 6.45) is 1.81. The lowest BCUT2D eigenvalue weighted by molar-refractivity contribution is 0.583. The maximum atomic E-state index is 4.63. The van der Waals surface area contributed by atoms with Crippen LogP contribution in [0.2, 0.25) is 0 Å². The average Bonchev–Trinajstić information content (AvgIpc) is 2.81. The smallest absolute Gasteiger partial charge is 0.191 e. The Bertz CT molecular complexity index is 429. The first-order valence-corrected chi connectivity index (χ1v) is 7.43. The summed E-state index contributed by atoms with van der Waals surface area (Å²) >= 11 is 1.70. The van der Waals surface area contributed by atoms with E-state index in [4.69, 9.17) is 0 Å². The Morgan fingerprint density at radius 2 is 2.21 bits per heavy atom. The number of aliphatic imine (C=N–C) groups is 1. The molecule has 1 aromatic rings. The van der Waals surface area contributed by atoms with Crippen LogP contribution < -0.4 is 10.6 Å². The van der Waals surface area contributed by atoms with Crippen LogP contribution in [0, 0.1) is 0 Å². The molecule has 0 amide bonds. The fourth-order valence-electron chi connectivity index (χ4n) is 1.39. The molecule has 106 valence electrons. The molecule has 0 aliphatic rings. The second-order valence-electron chi connectivity index (χ2n) is 5.26. The number of thiazole rings is 1. The zero-order chi connectivity index (χ0) is 14.3. The van der Waals surface area contributed by atoms with Crippen molar-refractivity contribution in [2.24, 2.45) is 4.99 Å². The number of nitrogens with zero attached hydrogens (tertiary/aromatic N) is 2. The molecule has 0 spiro atoms. The van der Waals surface area contributed by atoms with Gasteiger partial charge in [0.1, 0.15) is 0 Å². The lowest BCUT2D eigenvalue weighted by Crippen LogP contribution is -2.37. The van der Waals surface area contributed by atoms with Crippen molar-refractivity contribution < 1.29 is 0 Å². The molecule has 0 aromatic carbocycles. The van der Waals surface area contributed by atoms with E-state index in [1.165, 1.54) is 0 Å². The van der Waals surface area contributed by atoms with Crippen LogP contribution in [0.1, 0.15) is 38.4 Å². The zero-order valence-corrected chi connectivity index (χ0v) is 13.1. The van der Waals surface area contributed by atoms with Crippen molar-refractivity contribution >= 4 is 17.3 Å². The fourth-order valence-corrected chi connectivity index (χ4v) is 2.29. The highest BCUT2D eigenvalue weighted by Gasteiger charge is 2.17. The largest absolute Gasteiger partial charge is 0.357 e. The maximum absolute atomic E-state index is 4.63. The van der Waals surface area contributed by atoms with Crippen molar-refractivity contribution in [3.8, 4) is 0 Å². The van der Waals surface area contributed by atoms with Crippen LogP contribution in [0.5, 0.6) is 0 Å². The van der Waals surface area contributed by atoms with Crippen molar-refractivity contribution in [1.82, 2.24) is 15.6 Å². The Morgan fingerprint density at radius 3 is 2.74 bits per heavy atom. The van der Waals surface area contributed by atoms with Gasteiger partial charge in [-0.15, -0.1) is 17.9 Å². The Hall–Kier alpha value is -1.36. The molecule has 0 bridgehead atoms. The van der Waals surface area contributed by atoms with Gasteiger partial charge in [-0.3, -0.25) is 0 Å². The second kappa shape index (κ2) is 7.28. The van der Waals surface area contributed by atoms with E-state index in [0.29, 0.717) is 13.1 Å². The molecule has 0 unspecified atom stereocenters. The summed E-state index contributed by atoms with van der Waals surface area (Å²) in [7, 11) is 0. The van der Waals surface area contributed by atoms with Crippen molar-refractivity contribution in [2.45, 2.75) is 39.7 Å². The molecule has 0 fully saturated rings. The minimum absolute atomic E-state index is 0.109. The van der Waals surface area contributed by atoms with Crippen LogP contribution in [0.15, 0.2) is 23.0 Å². The van der Waals surface area contributed by atoms with Crippen molar-refractivity contribution in [1.29, 1.82) is 0 Å². The lowest BCUT2D eigenvalue weighted by Gasteiger charge is -2.13. The summed E-state index contributed by atoms with van der Waals surface area (Å²) in [5.41, 5.74) is 1.13. The van der Waals surface area contributed by atoms with Gasteiger partial charge in [0.25, 0.3) is 0 Å². The normalized spacial score (nSPS) is 12.3. The molecule has 0 saturated heterocycles. The summed E-state index contributed by atoms with van der Waals surface area (Å²) in [6, 6.07) is 0. The van der Waals surface area contributed by atoms with Gasteiger partial charge < -0.3 is 10.6 Å². The standard InChI is InChI=1S/C14H24N4S/c1-6-8-16-13(15-7-2)17-9-11-10-19-12(18-11)14(3,4)5/h6,10H,1,7-9H2,2-5H3,(H2,15,16,17). The molecular weight excluding hydrogens is 256 g/mol. The van der Waals surface area contributed by atoms with Crippen LogP contribution in [0.4, 0.5) is 0 Å². The first-order valence-electron chi connectivity index (χ1n) is 6.55. The van der Waals surface area contributed by atoms with E-state index in [9.17, 15) is 0 Å². The molecule has 0 radical (unpaired) electrons. The van der Waals surface area contributed by atoms with Gasteiger partial charge in [0.05, 0.1) is 17.2 Å². The lowest BCUT2D eigenvalue weighted by atomic mass is 9.98. The van der Waals surface area contributed by atoms with Crippen molar-refractivity contribution in [3.05, 3.63) is 28.7 Å². The van der Waals surface area contributed by atoms with E-state index in [1.54, 1.807) is 11.3 Å². The van der Waals surface area contributed by atoms with Crippen molar-refractivity contribution in [2.75, 3.05) is 13.1 Å². The maximum Gasteiger partial charge on any atom is 0.191 e. The Morgan fingerprint density at radius 1 is 1.47 bits per heavy atom. The third-order valence-corrected chi connectivity index (χ3v) is 3.67. The Kier molecular flexibility index (Phi) is 6.02. The summed E-state index contributed by atoms with van der Waals surface area (Å²) < 4.78 is 0. The van der Waals surface area contributed by atoms with Crippen molar-refractivity contribution in [3.63, 3.8) is 0 Å². The number of guanidine groups is 1. The molecular formula is C14H24N4S. The molecule has 1 rings (SSSR count). The number of nitrogens with one attached hydrogen (secondary N) is 2. The summed E-state index contributed by atoms with van der Waals surface area (Å²) in [5.74, 6) is 0.799. The van der Waals surface area contributed by atoms with Gasteiger partial charge >= 0.3 is 0 Å². The van der Waals surface area contributed by atoms with Gasteiger partial charge in [-0.05, 0) is 6.92 Å². The molecule has 0 saturated carbocycles. The molecule has 1 heterocycles. The molecule has 2 N–H and O–H groups in total. The number of rotatable bonds is 5. The van der Waals surface area contributed by atoms with E-state index >= 15 is 0 Å². The van der Waals surface area contributed by atoms with E-state index in [2.05, 4.69) is 53.3 Å². The van der Waals surface area contributed by atoms with Gasteiger partial charge in [-0.1, -0.05) is 26.8 Å². The fraction of sp³-hybridized carbons (Fsp3) is 0.571. The minimum atomic E-state index is 0.109. The molecule has 0 aliphatic carbocycles. The van der Waals surface area contributed by atoms with E-state index in [1.807, 2.05) is 13.0 Å². The average molecular weight is 280 g/mol. The summed E-state index contributed by atoms with van der Waals surface area (Å²) in [4.78, 5) is 9.14. The third-order valence-electron chi connectivity index (χ3n) is 2.35. The SMILES string of the molecule is C=CCNC(=NCc1csc(C(C)(C)C)n1)NCC. The van der Waals surface area contributed by atoms with Gasteiger partial charge in [-0.2, -0.15) is 0 Å². The van der Waals surface area contributed by atoms with Crippen LogP contribution in [0.3, 0.4) is 0 Å².